The van der Waals surface area contributed by atoms with Crippen molar-refractivity contribution in [3.8, 4) is 5.75 Å². The van der Waals surface area contributed by atoms with E-state index < -0.39 is 5.97 Å². The van der Waals surface area contributed by atoms with Gasteiger partial charge in [0, 0.05) is 4.47 Å². The van der Waals surface area contributed by atoms with Crippen LogP contribution >= 0.6 is 15.9 Å². The monoisotopic (exact) mass is 274 g/mol. The van der Waals surface area contributed by atoms with E-state index in [0.29, 0.717) is 15.6 Å². The zero-order valence-electron chi connectivity index (χ0n) is 8.37. The van der Waals surface area contributed by atoms with E-state index in [1.54, 1.807) is 6.92 Å². The Morgan fingerprint density at radius 1 is 1.60 bits per heavy atom. The van der Waals surface area contributed by atoms with Gasteiger partial charge in [-0.2, -0.15) is 0 Å². The van der Waals surface area contributed by atoms with Gasteiger partial charge in [-0.05, 0) is 24.1 Å². The van der Waals surface area contributed by atoms with Crippen LogP contribution in [-0.4, -0.2) is 23.3 Å². The maximum absolute atomic E-state index is 10.9. The number of aliphatic hydroxyl groups excluding tert-OH is 1. The van der Waals surface area contributed by atoms with E-state index in [4.69, 9.17) is 14.9 Å². The molecule has 0 aliphatic heterocycles. The third kappa shape index (κ3) is 2.13. The van der Waals surface area contributed by atoms with Crippen molar-refractivity contribution in [1.29, 1.82) is 0 Å². The Kier molecular flexibility index (Phi) is 3.71. The molecule has 0 spiro atoms. The fourth-order valence-electron chi connectivity index (χ4n) is 1.41. The van der Waals surface area contributed by atoms with Crippen LogP contribution in [0.4, 0.5) is 0 Å². The number of hydrogen-bond acceptors (Lipinski definition) is 3. The summed E-state index contributed by atoms with van der Waals surface area (Å²) in [7, 11) is 1.41. The molecule has 0 fully saturated rings. The summed E-state index contributed by atoms with van der Waals surface area (Å²) in [5.41, 5.74) is 1.35. The van der Waals surface area contributed by atoms with Gasteiger partial charge in [0.05, 0.1) is 13.7 Å². The van der Waals surface area contributed by atoms with Crippen molar-refractivity contribution < 1.29 is 19.7 Å². The first-order chi connectivity index (χ1) is 7.02. The van der Waals surface area contributed by atoms with Gasteiger partial charge in [0.2, 0.25) is 0 Å². The van der Waals surface area contributed by atoms with Crippen LogP contribution in [0, 0.1) is 6.92 Å². The SMILES string of the molecule is COc1c(C(=O)O)cc(Br)c(CO)c1C. The summed E-state index contributed by atoms with van der Waals surface area (Å²) in [4.78, 5) is 10.9. The highest BCUT2D eigenvalue weighted by molar-refractivity contribution is 9.10. The molecule has 0 heterocycles. The van der Waals surface area contributed by atoms with E-state index in [9.17, 15) is 4.79 Å². The second kappa shape index (κ2) is 4.63. The van der Waals surface area contributed by atoms with Gasteiger partial charge in [-0.15, -0.1) is 0 Å². The summed E-state index contributed by atoms with van der Waals surface area (Å²) in [5, 5.41) is 18.1. The number of aliphatic hydroxyl groups is 1. The van der Waals surface area contributed by atoms with Gasteiger partial charge in [0.15, 0.2) is 0 Å². The molecule has 0 unspecified atom stereocenters. The maximum Gasteiger partial charge on any atom is 0.339 e. The minimum absolute atomic E-state index is 0.0825. The first kappa shape index (κ1) is 12.0. The van der Waals surface area contributed by atoms with E-state index in [0.717, 1.165) is 0 Å². The highest BCUT2D eigenvalue weighted by Crippen LogP contribution is 2.32. The average molecular weight is 275 g/mol. The predicted molar refractivity (Wildman–Crippen MR) is 58.3 cm³/mol. The van der Waals surface area contributed by atoms with Gasteiger partial charge < -0.3 is 14.9 Å². The normalized spacial score (nSPS) is 10.1. The van der Waals surface area contributed by atoms with Crippen LogP contribution < -0.4 is 4.74 Å². The minimum Gasteiger partial charge on any atom is -0.496 e. The van der Waals surface area contributed by atoms with E-state index in [1.165, 1.54) is 13.2 Å². The first-order valence-electron chi connectivity index (χ1n) is 4.23. The molecule has 0 amide bonds. The van der Waals surface area contributed by atoms with Crippen LogP contribution in [0.25, 0.3) is 0 Å². The molecule has 0 radical (unpaired) electrons. The lowest BCUT2D eigenvalue weighted by Gasteiger charge is -2.13. The Bertz CT molecular complexity index is 401. The number of methoxy groups -OCH3 is 1. The number of carbonyl (C=O) groups is 1. The lowest BCUT2D eigenvalue weighted by molar-refractivity contribution is 0.0693. The molecule has 0 saturated heterocycles. The van der Waals surface area contributed by atoms with Gasteiger partial charge in [0.1, 0.15) is 11.3 Å². The summed E-state index contributed by atoms with van der Waals surface area (Å²) in [6, 6.07) is 1.43. The Labute approximate surface area is 95.6 Å². The van der Waals surface area contributed by atoms with Crippen molar-refractivity contribution >= 4 is 21.9 Å². The van der Waals surface area contributed by atoms with Crippen LogP contribution in [0.2, 0.25) is 0 Å². The van der Waals surface area contributed by atoms with Gasteiger partial charge in [0.25, 0.3) is 0 Å². The minimum atomic E-state index is -1.06. The average Bonchev–Trinajstić information content (AvgIpc) is 2.17. The molecule has 1 rings (SSSR count). The molecule has 82 valence electrons. The highest BCUT2D eigenvalue weighted by atomic mass is 79.9. The summed E-state index contributed by atoms with van der Waals surface area (Å²) in [6.45, 7) is 1.55. The molecule has 5 heteroatoms. The quantitative estimate of drug-likeness (QED) is 0.884. The standard InChI is InChI=1S/C10H11BrO4/c1-5-7(4-12)8(11)3-6(10(13)14)9(5)15-2/h3,12H,4H2,1-2H3,(H,13,14). The Hall–Kier alpha value is -1.07. The number of aromatic carboxylic acids is 1. The summed E-state index contributed by atoms with van der Waals surface area (Å²) in [6.07, 6.45) is 0. The molecule has 0 aliphatic rings. The third-order valence-corrected chi connectivity index (χ3v) is 2.90. The first-order valence-corrected chi connectivity index (χ1v) is 5.02. The van der Waals surface area contributed by atoms with E-state index in [1.807, 2.05) is 0 Å². The van der Waals surface area contributed by atoms with Crippen LogP contribution in [-0.2, 0) is 6.61 Å². The Morgan fingerprint density at radius 2 is 2.20 bits per heavy atom. The van der Waals surface area contributed by atoms with Gasteiger partial charge >= 0.3 is 5.97 Å². The van der Waals surface area contributed by atoms with Crippen molar-refractivity contribution in [3.63, 3.8) is 0 Å². The molecule has 2 N–H and O–H groups in total. The van der Waals surface area contributed by atoms with E-state index in [-0.39, 0.29) is 17.9 Å². The van der Waals surface area contributed by atoms with Crippen molar-refractivity contribution in [2.75, 3.05) is 7.11 Å². The molecular weight excluding hydrogens is 264 g/mol. The number of halogens is 1. The van der Waals surface area contributed by atoms with Crippen molar-refractivity contribution in [2.24, 2.45) is 0 Å². The highest BCUT2D eigenvalue weighted by Gasteiger charge is 2.18. The molecule has 1 aromatic rings. The number of carboxylic acid groups (broad SMARTS) is 1. The fraction of sp³-hybridized carbons (Fsp3) is 0.300. The number of rotatable bonds is 3. The van der Waals surface area contributed by atoms with Crippen molar-refractivity contribution in [1.82, 2.24) is 0 Å². The predicted octanol–water partition coefficient (Wildman–Crippen LogP) is 1.96. The molecule has 4 nitrogen and oxygen atoms in total. The zero-order valence-corrected chi connectivity index (χ0v) is 9.96. The molecule has 0 saturated carbocycles. The number of hydrogen-bond donors (Lipinski definition) is 2. The maximum atomic E-state index is 10.9. The Morgan fingerprint density at radius 3 is 2.60 bits per heavy atom. The second-order valence-corrected chi connectivity index (χ2v) is 3.86. The molecule has 0 atom stereocenters. The van der Waals surface area contributed by atoms with Gasteiger partial charge in [-0.25, -0.2) is 4.79 Å². The summed E-state index contributed by atoms with van der Waals surface area (Å²) in [5.74, 6) is -0.769. The molecule has 0 aliphatic carbocycles. The third-order valence-electron chi connectivity index (χ3n) is 2.19. The number of benzene rings is 1. The van der Waals surface area contributed by atoms with Gasteiger partial charge in [-0.1, -0.05) is 15.9 Å². The second-order valence-electron chi connectivity index (χ2n) is 3.01. The Balaban J connectivity index is 3.51. The van der Waals surface area contributed by atoms with Crippen molar-refractivity contribution in [3.05, 3.63) is 27.2 Å². The van der Waals surface area contributed by atoms with Crippen LogP contribution in [0.3, 0.4) is 0 Å². The van der Waals surface area contributed by atoms with Crippen LogP contribution in [0.5, 0.6) is 5.75 Å². The fourth-order valence-corrected chi connectivity index (χ4v) is 2.07. The molecule has 0 bridgehead atoms. The molecule has 0 aromatic heterocycles. The largest absolute Gasteiger partial charge is 0.496 e. The van der Waals surface area contributed by atoms with Crippen LogP contribution in [0.1, 0.15) is 21.5 Å². The summed E-state index contributed by atoms with van der Waals surface area (Å²) < 4.78 is 5.59. The van der Waals surface area contributed by atoms with Crippen molar-refractivity contribution in [2.45, 2.75) is 13.5 Å². The lowest BCUT2D eigenvalue weighted by atomic mass is 10.0. The molecule has 15 heavy (non-hydrogen) atoms. The molecular formula is C10H11BrO4. The number of ether oxygens (including phenoxy) is 1. The van der Waals surface area contributed by atoms with Crippen LogP contribution in [0.15, 0.2) is 10.5 Å². The zero-order chi connectivity index (χ0) is 11.6. The molecule has 1 aromatic carbocycles. The smallest absolute Gasteiger partial charge is 0.339 e. The van der Waals surface area contributed by atoms with E-state index >= 15 is 0 Å². The number of carboxylic acids is 1. The lowest BCUT2D eigenvalue weighted by Crippen LogP contribution is -2.05. The summed E-state index contributed by atoms with van der Waals surface area (Å²) >= 11 is 3.21. The van der Waals surface area contributed by atoms with E-state index in [2.05, 4.69) is 15.9 Å². The van der Waals surface area contributed by atoms with Gasteiger partial charge in [-0.3, -0.25) is 0 Å². The topological polar surface area (TPSA) is 66.8 Å².